The van der Waals surface area contributed by atoms with Gasteiger partial charge in [-0.25, -0.2) is 0 Å². The third kappa shape index (κ3) is 6.91. The smallest absolute Gasteiger partial charge is 0.193 e. The lowest BCUT2D eigenvalue weighted by Crippen LogP contribution is -2.42. The third-order valence-corrected chi connectivity index (χ3v) is 3.37. The first kappa shape index (κ1) is 19.1. The van der Waals surface area contributed by atoms with Gasteiger partial charge in [-0.3, -0.25) is 9.89 Å². The van der Waals surface area contributed by atoms with Crippen molar-refractivity contribution in [2.24, 2.45) is 10.7 Å². The van der Waals surface area contributed by atoms with Gasteiger partial charge >= 0.3 is 0 Å². The van der Waals surface area contributed by atoms with Gasteiger partial charge in [0.2, 0.25) is 0 Å². The first-order chi connectivity index (χ1) is 10.1. The van der Waals surface area contributed by atoms with Gasteiger partial charge in [-0.1, -0.05) is 17.7 Å². The molecule has 2 rings (SSSR count). The molecule has 1 atom stereocenters. The molecule has 0 aliphatic carbocycles. The molecule has 6 nitrogen and oxygen atoms in total. The second-order valence-electron chi connectivity index (χ2n) is 5.28. The number of aliphatic hydroxyl groups is 1. The fraction of sp³-hybridized carbons (Fsp3) is 0.533. The van der Waals surface area contributed by atoms with E-state index in [2.05, 4.69) is 15.2 Å². The Morgan fingerprint density at radius 2 is 2.00 bits per heavy atom. The Labute approximate surface area is 148 Å². The largest absolute Gasteiger partial charge is 0.390 e. The maximum atomic E-state index is 9.98. The van der Waals surface area contributed by atoms with Crippen molar-refractivity contribution >= 4 is 35.6 Å². The van der Waals surface area contributed by atoms with Crippen molar-refractivity contribution in [2.75, 3.05) is 44.7 Å². The van der Waals surface area contributed by atoms with E-state index in [-0.39, 0.29) is 24.0 Å². The monoisotopic (exact) mass is 420 g/mol. The summed E-state index contributed by atoms with van der Waals surface area (Å²) in [4.78, 5) is 6.36. The molecule has 0 aromatic heterocycles. The summed E-state index contributed by atoms with van der Waals surface area (Å²) in [7, 11) is 0. The van der Waals surface area contributed by atoms with Crippen LogP contribution in [0.3, 0.4) is 0 Å². The normalized spacial score (nSPS) is 17.6. The maximum absolute atomic E-state index is 9.98. The number of morpholine rings is 1. The highest BCUT2D eigenvalue weighted by Gasteiger charge is 2.14. The molecular weight excluding hydrogens is 395 g/mol. The Balaban J connectivity index is 0.00000242. The Morgan fingerprint density at radius 1 is 1.36 bits per heavy atom. The van der Waals surface area contributed by atoms with Crippen LogP contribution in [0.4, 0.5) is 5.69 Å². The second kappa shape index (κ2) is 9.98. The van der Waals surface area contributed by atoms with Gasteiger partial charge in [-0.05, 0) is 19.1 Å². The minimum Gasteiger partial charge on any atom is -0.390 e. The van der Waals surface area contributed by atoms with Gasteiger partial charge in [0.15, 0.2) is 5.96 Å². The predicted molar refractivity (Wildman–Crippen MR) is 100.0 cm³/mol. The Kier molecular flexibility index (Phi) is 8.69. The predicted octanol–water partition coefficient (Wildman–Crippen LogP) is 1.03. The summed E-state index contributed by atoms with van der Waals surface area (Å²) in [6.45, 7) is 6.10. The number of rotatable bonds is 5. The van der Waals surface area contributed by atoms with E-state index < -0.39 is 6.10 Å². The third-order valence-electron chi connectivity index (χ3n) is 3.37. The molecule has 1 aromatic carbocycles. The van der Waals surface area contributed by atoms with Gasteiger partial charge in [-0.15, -0.1) is 24.0 Å². The topological polar surface area (TPSA) is 83.1 Å². The summed E-state index contributed by atoms with van der Waals surface area (Å²) >= 11 is 0. The van der Waals surface area contributed by atoms with E-state index >= 15 is 0 Å². The first-order valence-corrected chi connectivity index (χ1v) is 7.25. The van der Waals surface area contributed by atoms with Gasteiger partial charge < -0.3 is 20.9 Å². The maximum Gasteiger partial charge on any atom is 0.193 e. The molecule has 0 saturated carbocycles. The zero-order valence-corrected chi connectivity index (χ0v) is 15.2. The summed E-state index contributed by atoms with van der Waals surface area (Å²) in [6, 6.07) is 7.90. The van der Waals surface area contributed by atoms with Crippen LogP contribution in [0.5, 0.6) is 0 Å². The number of hydrogen-bond acceptors (Lipinski definition) is 4. The van der Waals surface area contributed by atoms with Crippen molar-refractivity contribution in [2.45, 2.75) is 13.0 Å². The highest BCUT2D eigenvalue weighted by molar-refractivity contribution is 14.0. The van der Waals surface area contributed by atoms with Gasteiger partial charge in [-0.2, -0.15) is 0 Å². The zero-order valence-electron chi connectivity index (χ0n) is 12.9. The number of nitrogens with two attached hydrogens (primary N) is 1. The molecule has 124 valence electrons. The second-order valence-corrected chi connectivity index (χ2v) is 5.28. The molecule has 1 fully saturated rings. The molecule has 1 aliphatic heterocycles. The van der Waals surface area contributed by atoms with Crippen LogP contribution in [0.2, 0.25) is 0 Å². The van der Waals surface area contributed by atoms with E-state index in [0.29, 0.717) is 19.0 Å². The quantitative estimate of drug-likeness (QED) is 0.377. The van der Waals surface area contributed by atoms with E-state index in [1.165, 1.54) is 5.56 Å². The van der Waals surface area contributed by atoms with Gasteiger partial charge in [0.05, 0.1) is 25.9 Å². The lowest BCUT2D eigenvalue weighted by molar-refractivity contribution is 0.0165. The summed E-state index contributed by atoms with van der Waals surface area (Å²) in [5, 5.41) is 13.0. The highest BCUT2D eigenvalue weighted by atomic mass is 127. The molecule has 22 heavy (non-hydrogen) atoms. The molecule has 1 aromatic rings. The minimum absolute atomic E-state index is 0. The zero-order chi connectivity index (χ0) is 15.1. The average Bonchev–Trinajstić information content (AvgIpc) is 2.49. The van der Waals surface area contributed by atoms with E-state index in [1.54, 1.807) is 0 Å². The van der Waals surface area contributed by atoms with Crippen molar-refractivity contribution in [1.82, 2.24) is 4.90 Å². The van der Waals surface area contributed by atoms with E-state index in [9.17, 15) is 5.11 Å². The van der Waals surface area contributed by atoms with Crippen LogP contribution >= 0.6 is 24.0 Å². The fourth-order valence-corrected chi connectivity index (χ4v) is 2.17. The molecule has 0 radical (unpaired) electrons. The Morgan fingerprint density at radius 3 is 2.64 bits per heavy atom. The van der Waals surface area contributed by atoms with Crippen molar-refractivity contribution in [3.63, 3.8) is 0 Å². The van der Waals surface area contributed by atoms with Crippen LogP contribution in [0, 0.1) is 6.92 Å². The molecule has 4 N–H and O–H groups in total. The number of benzene rings is 1. The summed E-state index contributed by atoms with van der Waals surface area (Å²) in [6.07, 6.45) is -0.513. The molecule has 1 heterocycles. The number of nitrogens with zero attached hydrogens (tertiary/aromatic N) is 2. The number of guanidine groups is 1. The van der Waals surface area contributed by atoms with E-state index in [1.807, 2.05) is 31.2 Å². The van der Waals surface area contributed by atoms with Crippen LogP contribution in [0.25, 0.3) is 0 Å². The average molecular weight is 420 g/mol. The molecule has 1 aliphatic rings. The standard InChI is InChI=1S/C15H24N4O2.HI/c1-12-2-4-13(5-3-12)18-15(16)17-10-14(20)11-19-6-8-21-9-7-19;/h2-5,14,20H,6-11H2,1H3,(H3,16,17,18);1H. The van der Waals surface area contributed by atoms with Crippen LogP contribution in [-0.2, 0) is 4.74 Å². The van der Waals surface area contributed by atoms with Crippen LogP contribution in [0.15, 0.2) is 29.3 Å². The van der Waals surface area contributed by atoms with Crippen LogP contribution < -0.4 is 11.1 Å². The molecule has 1 saturated heterocycles. The van der Waals surface area contributed by atoms with Gasteiger partial charge in [0, 0.05) is 25.3 Å². The van der Waals surface area contributed by atoms with Gasteiger partial charge in [0.1, 0.15) is 0 Å². The number of nitrogens with one attached hydrogen (secondary N) is 1. The summed E-state index contributed by atoms with van der Waals surface area (Å²) in [5.74, 6) is 0.319. The Hall–Kier alpha value is -0.900. The SMILES string of the molecule is Cc1ccc(NC(N)=NCC(O)CN2CCOCC2)cc1.I. The number of aliphatic hydroxyl groups excluding tert-OH is 1. The van der Waals surface area contributed by atoms with Gasteiger partial charge in [0.25, 0.3) is 0 Å². The molecule has 0 amide bonds. The van der Waals surface area contributed by atoms with E-state index in [0.717, 1.165) is 32.0 Å². The van der Waals surface area contributed by atoms with Crippen molar-refractivity contribution < 1.29 is 9.84 Å². The lowest BCUT2D eigenvalue weighted by atomic mass is 10.2. The summed E-state index contributed by atoms with van der Waals surface area (Å²) in [5.41, 5.74) is 7.90. The molecule has 0 bridgehead atoms. The molecule has 1 unspecified atom stereocenters. The number of halogens is 1. The Bertz CT molecular complexity index is 461. The van der Waals surface area contributed by atoms with Crippen LogP contribution in [-0.4, -0.2) is 61.5 Å². The number of anilines is 1. The lowest BCUT2D eigenvalue weighted by Gasteiger charge is -2.28. The van der Waals surface area contributed by atoms with Crippen LogP contribution in [0.1, 0.15) is 5.56 Å². The minimum atomic E-state index is -0.513. The van der Waals surface area contributed by atoms with Crippen molar-refractivity contribution in [3.05, 3.63) is 29.8 Å². The van der Waals surface area contributed by atoms with Crippen molar-refractivity contribution in [1.29, 1.82) is 0 Å². The first-order valence-electron chi connectivity index (χ1n) is 7.25. The number of aryl methyl sites for hydroxylation is 1. The number of β-amino-alcohol motifs (C(OH)–C–C–N with tert-alkyl or cyclic N) is 1. The fourth-order valence-electron chi connectivity index (χ4n) is 2.17. The summed E-state index contributed by atoms with van der Waals surface area (Å²) < 4.78 is 5.27. The molecule has 0 spiro atoms. The van der Waals surface area contributed by atoms with Crippen molar-refractivity contribution in [3.8, 4) is 0 Å². The molecule has 7 heteroatoms. The highest BCUT2D eigenvalue weighted by Crippen LogP contribution is 2.07. The van der Waals surface area contributed by atoms with E-state index in [4.69, 9.17) is 10.5 Å². The number of ether oxygens (including phenoxy) is 1. The molecular formula is C15H25IN4O2. The number of hydrogen-bond donors (Lipinski definition) is 3. The number of aliphatic imine (C=N–C) groups is 1.